The van der Waals surface area contributed by atoms with Gasteiger partial charge in [0.2, 0.25) is 0 Å². The van der Waals surface area contributed by atoms with Gasteiger partial charge in [-0.2, -0.15) is 0 Å². The largest absolute Gasteiger partial charge is 0.378 e. The van der Waals surface area contributed by atoms with E-state index in [-0.39, 0.29) is 30.1 Å². The van der Waals surface area contributed by atoms with Crippen LogP contribution in [0, 0.1) is 6.92 Å². The van der Waals surface area contributed by atoms with Crippen LogP contribution in [0.25, 0.3) is 0 Å². The molecule has 26 heavy (non-hydrogen) atoms. The fraction of sp³-hybridized carbons (Fsp3) is 0.650. The summed E-state index contributed by atoms with van der Waals surface area (Å²) in [4.78, 5) is 7.18. The molecule has 0 radical (unpaired) electrons. The van der Waals surface area contributed by atoms with E-state index in [1.165, 1.54) is 24.0 Å². The summed E-state index contributed by atoms with van der Waals surface area (Å²) in [6.45, 7) is 9.34. The number of hydrogen-bond acceptors (Lipinski definition) is 3. The third kappa shape index (κ3) is 5.82. The number of guanidine groups is 1. The molecule has 2 aliphatic heterocycles. The SMILES string of the molecule is CCNC(=NCCC1CCCO1)N1CCOC(c2ccccc2C)C1.I. The molecule has 1 aromatic rings. The van der Waals surface area contributed by atoms with Crippen molar-refractivity contribution in [1.82, 2.24) is 10.2 Å². The minimum Gasteiger partial charge on any atom is -0.378 e. The second-order valence-electron chi connectivity index (χ2n) is 6.82. The molecule has 2 fully saturated rings. The smallest absolute Gasteiger partial charge is 0.194 e. The summed E-state index contributed by atoms with van der Waals surface area (Å²) in [5, 5.41) is 3.44. The average Bonchev–Trinajstić information content (AvgIpc) is 3.15. The van der Waals surface area contributed by atoms with Crippen LogP contribution in [-0.2, 0) is 9.47 Å². The number of aliphatic imine (C=N–C) groups is 1. The van der Waals surface area contributed by atoms with E-state index in [9.17, 15) is 0 Å². The highest BCUT2D eigenvalue weighted by molar-refractivity contribution is 14.0. The zero-order chi connectivity index (χ0) is 17.5. The highest BCUT2D eigenvalue weighted by Gasteiger charge is 2.25. The number of nitrogens with zero attached hydrogens (tertiary/aromatic N) is 2. The van der Waals surface area contributed by atoms with Crippen molar-refractivity contribution < 1.29 is 9.47 Å². The lowest BCUT2D eigenvalue weighted by atomic mass is 10.0. The second-order valence-corrected chi connectivity index (χ2v) is 6.82. The van der Waals surface area contributed by atoms with Gasteiger partial charge in [-0.05, 0) is 44.2 Å². The predicted molar refractivity (Wildman–Crippen MR) is 116 cm³/mol. The molecule has 2 atom stereocenters. The Morgan fingerprint density at radius 3 is 2.85 bits per heavy atom. The molecule has 146 valence electrons. The molecule has 0 amide bonds. The normalized spacial score (nSPS) is 23.6. The molecular formula is C20H32IN3O2. The summed E-state index contributed by atoms with van der Waals surface area (Å²) in [6, 6.07) is 8.49. The first-order valence-corrected chi connectivity index (χ1v) is 9.60. The standard InChI is InChI=1S/C20H31N3O2.HI/c1-3-21-20(22-11-10-17-8-6-13-24-17)23-12-14-25-19(15-23)18-9-5-4-7-16(18)2;/h4-5,7,9,17,19H,3,6,8,10-15H2,1-2H3,(H,21,22);1H. The molecule has 3 rings (SSSR count). The van der Waals surface area contributed by atoms with E-state index >= 15 is 0 Å². The monoisotopic (exact) mass is 473 g/mol. The fourth-order valence-electron chi connectivity index (χ4n) is 3.59. The average molecular weight is 473 g/mol. The van der Waals surface area contributed by atoms with Crippen LogP contribution in [0.15, 0.2) is 29.3 Å². The Morgan fingerprint density at radius 2 is 2.12 bits per heavy atom. The minimum absolute atomic E-state index is 0. The van der Waals surface area contributed by atoms with Crippen LogP contribution < -0.4 is 5.32 Å². The zero-order valence-electron chi connectivity index (χ0n) is 15.9. The number of benzene rings is 1. The van der Waals surface area contributed by atoms with E-state index in [0.717, 1.165) is 51.8 Å². The van der Waals surface area contributed by atoms with Crippen LogP contribution in [0.1, 0.15) is 43.4 Å². The van der Waals surface area contributed by atoms with E-state index in [4.69, 9.17) is 14.5 Å². The molecule has 1 aromatic carbocycles. The Hall–Kier alpha value is -0.860. The molecule has 1 N–H and O–H groups in total. The summed E-state index contributed by atoms with van der Waals surface area (Å²) in [5.41, 5.74) is 2.57. The van der Waals surface area contributed by atoms with Crippen LogP contribution >= 0.6 is 24.0 Å². The number of rotatable bonds is 5. The fourth-order valence-corrected chi connectivity index (χ4v) is 3.59. The highest BCUT2D eigenvalue weighted by atomic mass is 127. The predicted octanol–water partition coefficient (Wildman–Crippen LogP) is 3.52. The van der Waals surface area contributed by atoms with Gasteiger partial charge in [-0.25, -0.2) is 0 Å². The molecule has 2 unspecified atom stereocenters. The van der Waals surface area contributed by atoms with Gasteiger partial charge in [-0.1, -0.05) is 24.3 Å². The van der Waals surface area contributed by atoms with Crippen LogP contribution in [-0.4, -0.2) is 56.4 Å². The minimum atomic E-state index is 0. The van der Waals surface area contributed by atoms with Gasteiger partial charge in [0.15, 0.2) is 5.96 Å². The van der Waals surface area contributed by atoms with Crippen molar-refractivity contribution in [3.05, 3.63) is 35.4 Å². The Balaban J connectivity index is 0.00000243. The number of ether oxygens (including phenoxy) is 2. The third-order valence-electron chi connectivity index (χ3n) is 4.97. The summed E-state index contributed by atoms with van der Waals surface area (Å²) in [5.74, 6) is 1.00. The topological polar surface area (TPSA) is 46.1 Å². The summed E-state index contributed by atoms with van der Waals surface area (Å²) >= 11 is 0. The van der Waals surface area contributed by atoms with Crippen molar-refractivity contribution in [2.45, 2.75) is 45.3 Å². The Bertz CT molecular complexity index is 576. The first kappa shape index (κ1) is 21.4. The van der Waals surface area contributed by atoms with E-state index in [0.29, 0.717) is 6.10 Å². The zero-order valence-corrected chi connectivity index (χ0v) is 18.3. The Morgan fingerprint density at radius 1 is 1.27 bits per heavy atom. The van der Waals surface area contributed by atoms with E-state index in [1.54, 1.807) is 0 Å². The Kier molecular flexibility index (Phi) is 9.15. The van der Waals surface area contributed by atoms with Gasteiger partial charge in [0.25, 0.3) is 0 Å². The number of hydrogen-bond donors (Lipinski definition) is 1. The maximum absolute atomic E-state index is 6.04. The maximum atomic E-state index is 6.04. The van der Waals surface area contributed by atoms with Crippen LogP contribution in [0.5, 0.6) is 0 Å². The molecule has 0 spiro atoms. The molecule has 0 saturated carbocycles. The van der Waals surface area contributed by atoms with E-state index in [2.05, 4.69) is 48.3 Å². The van der Waals surface area contributed by atoms with Crippen molar-refractivity contribution in [2.24, 2.45) is 4.99 Å². The molecule has 2 saturated heterocycles. The first-order chi connectivity index (χ1) is 12.3. The Labute approximate surface area is 174 Å². The third-order valence-corrected chi connectivity index (χ3v) is 4.97. The number of halogens is 1. The molecule has 0 bridgehead atoms. The molecule has 6 heteroatoms. The van der Waals surface area contributed by atoms with Crippen LogP contribution in [0.4, 0.5) is 0 Å². The van der Waals surface area contributed by atoms with Crippen molar-refractivity contribution in [3.8, 4) is 0 Å². The molecule has 2 aliphatic rings. The number of aryl methyl sites for hydroxylation is 1. The van der Waals surface area contributed by atoms with Crippen molar-refractivity contribution in [1.29, 1.82) is 0 Å². The molecule has 5 nitrogen and oxygen atoms in total. The van der Waals surface area contributed by atoms with Gasteiger partial charge in [0, 0.05) is 26.2 Å². The van der Waals surface area contributed by atoms with Crippen LogP contribution in [0.2, 0.25) is 0 Å². The number of nitrogens with one attached hydrogen (secondary N) is 1. The van der Waals surface area contributed by atoms with Gasteiger partial charge in [0.1, 0.15) is 6.10 Å². The summed E-state index contributed by atoms with van der Waals surface area (Å²) in [7, 11) is 0. The van der Waals surface area contributed by atoms with Gasteiger partial charge in [0.05, 0.1) is 19.3 Å². The quantitative estimate of drug-likeness (QED) is 0.404. The molecule has 0 aliphatic carbocycles. The molecule has 2 heterocycles. The van der Waals surface area contributed by atoms with Crippen LogP contribution in [0.3, 0.4) is 0 Å². The maximum Gasteiger partial charge on any atom is 0.194 e. The van der Waals surface area contributed by atoms with Gasteiger partial charge >= 0.3 is 0 Å². The van der Waals surface area contributed by atoms with Gasteiger partial charge in [-0.3, -0.25) is 4.99 Å². The number of morpholine rings is 1. The van der Waals surface area contributed by atoms with Crippen molar-refractivity contribution in [2.75, 3.05) is 39.4 Å². The highest BCUT2D eigenvalue weighted by Crippen LogP contribution is 2.25. The molecule has 0 aromatic heterocycles. The van der Waals surface area contributed by atoms with Crippen molar-refractivity contribution in [3.63, 3.8) is 0 Å². The molecular weight excluding hydrogens is 441 g/mol. The first-order valence-electron chi connectivity index (χ1n) is 9.60. The second kappa shape index (κ2) is 11.1. The van der Waals surface area contributed by atoms with Gasteiger partial charge < -0.3 is 19.7 Å². The summed E-state index contributed by atoms with van der Waals surface area (Å²) < 4.78 is 11.7. The lowest BCUT2D eigenvalue weighted by Gasteiger charge is -2.35. The summed E-state index contributed by atoms with van der Waals surface area (Å²) in [6.07, 6.45) is 3.89. The van der Waals surface area contributed by atoms with E-state index < -0.39 is 0 Å². The lowest BCUT2D eigenvalue weighted by molar-refractivity contribution is -0.00835. The van der Waals surface area contributed by atoms with E-state index in [1.807, 2.05) is 0 Å². The van der Waals surface area contributed by atoms with Gasteiger partial charge in [-0.15, -0.1) is 24.0 Å². The van der Waals surface area contributed by atoms with Crippen molar-refractivity contribution >= 4 is 29.9 Å². The lowest BCUT2D eigenvalue weighted by Crippen LogP contribution is -2.48.